The van der Waals surface area contributed by atoms with Crippen LogP contribution in [0.15, 0.2) is 18.2 Å². The summed E-state index contributed by atoms with van der Waals surface area (Å²) in [5, 5.41) is 6.10. The molecule has 0 bridgehead atoms. The Labute approximate surface area is 164 Å². The number of esters is 1. The van der Waals surface area contributed by atoms with Crippen molar-refractivity contribution in [2.45, 2.75) is 51.8 Å². The third-order valence-corrected chi connectivity index (χ3v) is 4.86. The molecule has 2 aliphatic heterocycles. The Balaban J connectivity index is 1.54. The van der Waals surface area contributed by atoms with Gasteiger partial charge >= 0.3 is 5.97 Å². The predicted octanol–water partition coefficient (Wildman–Crippen LogP) is 2.08. The van der Waals surface area contributed by atoms with Gasteiger partial charge in [0.1, 0.15) is 6.04 Å². The van der Waals surface area contributed by atoms with Gasteiger partial charge in [-0.1, -0.05) is 13.8 Å². The zero-order valence-electron chi connectivity index (χ0n) is 16.5. The molecule has 8 nitrogen and oxygen atoms in total. The van der Waals surface area contributed by atoms with E-state index in [9.17, 15) is 9.59 Å². The molecular weight excluding hydrogens is 364 g/mol. The van der Waals surface area contributed by atoms with Gasteiger partial charge in [-0.05, 0) is 37.8 Å². The van der Waals surface area contributed by atoms with Gasteiger partial charge in [0.15, 0.2) is 17.6 Å². The van der Waals surface area contributed by atoms with Crippen molar-refractivity contribution in [1.29, 1.82) is 0 Å². The number of anilines is 1. The highest BCUT2D eigenvalue weighted by molar-refractivity contribution is 5.95. The van der Waals surface area contributed by atoms with Gasteiger partial charge in [-0.25, -0.2) is 0 Å². The molecule has 0 unspecified atom stereocenters. The summed E-state index contributed by atoms with van der Waals surface area (Å²) >= 11 is 0. The monoisotopic (exact) mass is 392 g/mol. The zero-order valence-corrected chi connectivity index (χ0v) is 16.5. The lowest BCUT2D eigenvalue weighted by Crippen LogP contribution is -2.50. The number of hydrogen-bond acceptors (Lipinski definition) is 7. The summed E-state index contributed by atoms with van der Waals surface area (Å²) in [5.74, 6) is 0.425. The van der Waals surface area contributed by atoms with Crippen LogP contribution in [0.4, 0.5) is 5.69 Å². The Morgan fingerprint density at radius 2 is 1.82 bits per heavy atom. The van der Waals surface area contributed by atoms with E-state index in [1.807, 2.05) is 13.8 Å². The summed E-state index contributed by atoms with van der Waals surface area (Å²) in [7, 11) is 0. The number of hydrogen-bond donors (Lipinski definition) is 2. The Hall–Kier alpha value is -2.32. The largest absolute Gasteiger partial charge is 0.454 e. The highest BCUT2D eigenvalue weighted by Gasteiger charge is 2.30. The molecule has 1 fully saturated rings. The lowest BCUT2D eigenvalue weighted by atomic mass is 10.0. The van der Waals surface area contributed by atoms with Gasteiger partial charge in [-0.2, -0.15) is 0 Å². The molecular formula is C20H28N2O6. The van der Waals surface area contributed by atoms with Crippen LogP contribution in [0, 0.1) is 5.92 Å². The van der Waals surface area contributed by atoms with Gasteiger partial charge in [0.05, 0.1) is 0 Å². The summed E-state index contributed by atoms with van der Waals surface area (Å²) < 4.78 is 21.3. The van der Waals surface area contributed by atoms with E-state index in [-0.39, 0.29) is 18.8 Å². The van der Waals surface area contributed by atoms with Gasteiger partial charge in [-0.3, -0.25) is 9.59 Å². The van der Waals surface area contributed by atoms with Crippen molar-refractivity contribution in [3.8, 4) is 11.5 Å². The number of benzene rings is 1. The van der Waals surface area contributed by atoms with Crippen LogP contribution in [0.5, 0.6) is 11.5 Å². The van der Waals surface area contributed by atoms with Crippen molar-refractivity contribution in [3.05, 3.63) is 18.2 Å². The summed E-state index contributed by atoms with van der Waals surface area (Å²) in [5.41, 5.74) is 0.554. The maximum atomic E-state index is 12.6. The molecule has 2 N–H and O–H groups in total. The standard InChI is InChI=1S/C20H28N2O6/c1-12(2)18(21-14-6-8-25-9-7-14)20(24)28-13(3)19(23)22-15-4-5-16-17(10-15)27-11-26-16/h4-5,10,12-14,18,21H,6-9,11H2,1-3H3,(H,22,23)/t13-,18-/m1/s1. The molecule has 1 amide bonds. The fourth-order valence-electron chi connectivity index (χ4n) is 3.17. The van der Waals surface area contributed by atoms with E-state index in [1.165, 1.54) is 0 Å². The first-order valence-electron chi connectivity index (χ1n) is 9.69. The Kier molecular flexibility index (Phi) is 6.74. The molecule has 2 heterocycles. The normalized spacial score (nSPS) is 18.6. The summed E-state index contributed by atoms with van der Waals surface area (Å²) in [6.07, 6.45) is 0.795. The van der Waals surface area contributed by atoms with Crippen LogP contribution in [0.25, 0.3) is 0 Å². The van der Waals surface area contributed by atoms with Gasteiger partial charge in [0, 0.05) is 31.0 Å². The quantitative estimate of drug-likeness (QED) is 0.686. The predicted molar refractivity (Wildman–Crippen MR) is 102 cm³/mol. The highest BCUT2D eigenvalue weighted by Crippen LogP contribution is 2.34. The molecule has 2 atom stereocenters. The second-order valence-corrected chi connectivity index (χ2v) is 7.41. The second-order valence-electron chi connectivity index (χ2n) is 7.41. The SMILES string of the molecule is CC(C)[C@@H](NC1CCOCC1)C(=O)O[C@H](C)C(=O)Nc1ccc2c(c1)OCO2. The molecule has 3 rings (SSSR count). The summed E-state index contributed by atoms with van der Waals surface area (Å²) in [6, 6.07) is 4.86. The Bertz CT molecular complexity index is 702. The Morgan fingerprint density at radius 1 is 1.11 bits per heavy atom. The molecule has 154 valence electrons. The van der Waals surface area contributed by atoms with Crippen LogP contribution in [0.1, 0.15) is 33.6 Å². The van der Waals surface area contributed by atoms with Crippen molar-refractivity contribution >= 4 is 17.6 Å². The first-order chi connectivity index (χ1) is 13.4. The first kappa shape index (κ1) is 20.4. The number of rotatable bonds is 7. The lowest BCUT2D eigenvalue weighted by molar-refractivity contribution is -0.156. The van der Waals surface area contributed by atoms with E-state index in [4.69, 9.17) is 18.9 Å². The third kappa shape index (κ3) is 5.14. The van der Waals surface area contributed by atoms with Crippen LogP contribution in [-0.2, 0) is 19.1 Å². The molecule has 1 aromatic rings. The topological polar surface area (TPSA) is 95.1 Å². The molecule has 0 radical (unpaired) electrons. The first-order valence-corrected chi connectivity index (χ1v) is 9.69. The molecule has 8 heteroatoms. The van der Waals surface area contributed by atoms with Crippen molar-refractivity contribution in [2.75, 3.05) is 25.3 Å². The minimum Gasteiger partial charge on any atom is -0.454 e. The third-order valence-electron chi connectivity index (χ3n) is 4.86. The fraction of sp³-hybridized carbons (Fsp3) is 0.600. The molecule has 1 saturated heterocycles. The number of carbonyl (C=O) groups excluding carboxylic acids is 2. The van der Waals surface area contributed by atoms with E-state index >= 15 is 0 Å². The highest BCUT2D eigenvalue weighted by atomic mass is 16.7. The van der Waals surface area contributed by atoms with Gasteiger partial charge in [0.2, 0.25) is 6.79 Å². The maximum absolute atomic E-state index is 12.6. The summed E-state index contributed by atoms with van der Waals surface area (Å²) in [6.45, 7) is 7.01. The molecule has 2 aliphatic rings. The number of nitrogens with one attached hydrogen (secondary N) is 2. The Morgan fingerprint density at radius 3 is 2.54 bits per heavy atom. The number of fused-ring (bicyclic) bond motifs is 1. The van der Waals surface area contributed by atoms with Crippen LogP contribution < -0.4 is 20.1 Å². The maximum Gasteiger partial charge on any atom is 0.324 e. The van der Waals surface area contributed by atoms with Crippen molar-refractivity contribution in [2.24, 2.45) is 5.92 Å². The van der Waals surface area contributed by atoms with E-state index < -0.39 is 24.0 Å². The van der Waals surface area contributed by atoms with Crippen LogP contribution in [0.3, 0.4) is 0 Å². The number of amides is 1. The second kappa shape index (κ2) is 9.25. The van der Waals surface area contributed by atoms with E-state index in [2.05, 4.69) is 10.6 Å². The van der Waals surface area contributed by atoms with Gasteiger partial charge in [-0.15, -0.1) is 0 Å². The minimum atomic E-state index is -0.921. The number of carbonyl (C=O) groups is 2. The molecule has 0 aliphatic carbocycles. The average Bonchev–Trinajstić information content (AvgIpc) is 3.14. The zero-order chi connectivity index (χ0) is 20.1. The van der Waals surface area contributed by atoms with Gasteiger partial charge < -0.3 is 29.6 Å². The van der Waals surface area contributed by atoms with E-state index in [1.54, 1.807) is 25.1 Å². The van der Waals surface area contributed by atoms with Crippen LogP contribution in [-0.4, -0.2) is 50.1 Å². The molecule has 1 aromatic carbocycles. The van der Waals surface area contributed by atoms with Crippen molar-refractivity contribution in [1.82, 2.24) is 5.32 Å². The van der Waals surface area contributed by atoms with Crippen LogP contribution in [0.2, 0.25) is 0 Å². The van der Waals surface area contributed by atoms with Crippen LogP contribution >= 0.6 is 0 Å². The smallest absolute Gasteiger partial charge is 0.324 e. The molecule has 0 spiro atoms. The fourth-order valence-corrected chi connectivity index (χ4v) is 3.17. The summed E-state index contributed by atoms with van der Waals surface area (Å²) in [4.78, 5) is 25.1. The minimum absolute atomic E-state index is 0.0412. The van der Waals surface area contributed by atoms with Gasteiger partial charge in [0.25, 0.3) is 5.91 Å². The van der Waals surface area contributed by atoms with Crippen molar-refractivity contribution in [3.63, 3.8) is 0 Å². The van der Waals surface area contributed by atoms with E-state index in [0.717, 1.165) is 12.8 Å². The molecule has 0 aromatic heterocycles. The van der Waals surface area contributed by atoms with E-state index in [0.29, 0.717) is 30.4 Å². The number of ether oxygens (including phenoxy) is 4. The molecule has 28 heavy (non-hydrogen) atoms. The lowest BCUT2D eigenvalue weighted by Gasteiger charge is -2.30. The molecule has 0 saturated carbocycles. The van der Waals surface area contributed by atoms with Crippen molar-refractivity contribution < 1.29 is 28.5 Å². The average molecular weight is 392 g/mol.